The van der Waals surface area contributed by atoms with Crippen LogP contribution in [0, 0.1) is 5.41 Å². The summed E-state index contributed by atoms with van der Waals surface area (Å²) in [7, 11) is -11.0. The van der Waals surface area contributed by atoms with Gasteiger partial charge in [0, 0.05) is 113 Å². The van der Waals surface area contributed by atoms with E-state index in [0.717, 1.165) is 89.1 Å². The Morgan fingerprint density at radius 1 is 0.890 bits per heavy atom. The number of aromatic nitrogens is 2. The first-order valence-corrected chi connectivity index (χ1v) is 28.0. The van der Waals surface area contributed by atoms with E-state index in [1.54, 1.807) is 30.5 Å². The van der Waals surface area contributed by atoms with Gasteiger partial charge >= 0.3 is 5.51 Å². The smallest absolute Gasteiger partial charge is 0.455 e. The first kappa shape index (κ1) is 52.6. The number of piperazine rings is 2. The molecular formula is C51H61ClF3N9O7S2. The maximum atomic E-state index is 14.1. The number of alkyl halides is 3. The van der Waals surface area contributed by atoms with Crippen molar-refractivity contribution in [2.24, 2.45) is 5.41 Å². The first-order valence-electron chi connectivity index (χ1n) is 24.6. The van der Waals surface area contributed by atoms with Gasteiger partial charge in [-0.2, -0.15) is 13.2 Å². The standard InChI is InChI=1S/C51H61ClF3N9O7S2/c1-50(35-63-19-16-56-17-20-63)13-11-43(36-3-5-39(52)6-4-36)38(32-50)34-62-21-23-64(24-22-62)40-7-9-44(46(30-40)71-41-29-37-12-15-58-48(37)59-33-41)49(65)60-73(68,69)42-8-10-45(47(31-42)72(66,67)51(53,54)55)57-14-2-18-61-25-27-70-28-26-61/h3-10,12,15,29-31,33,56-57H,2,11,13-14,16-28,32,34-35H2,1H3,(H,58,59)(H,60,65)/t50-/m1/s1. The molecule has 3 aromatic carbocycles. The second-order valence-electron chi connectivity index (χ2n) is 19.5. The van der Waals surface area contributed by atoms with Crippen LogP contribution in [0.3, 0.4) is 0 Å². The average Bonchev–Trinajstić information content (AvgIpc) is 3.84. The number of ether oxygens (including phenoxy) is 2. The molecule has 0 bridgehead atoms. The molecule has 5 aromatic rings. The van der Waals surface area contributed by atoms with E-state index < -0.39 is 46.8 Å². The van der Waals surface area contributed by atoms with Crippen molar-refractivity contribution in [3.8, 4) is 11.5 Å². The number of nitrogens with one attached hydrogen (secondary N) is 4. The molecule has 73 heavy (non-hydrogen) atoms. The van der Waals surface area contributed by atoms with E-state index in [2.05, 4.69) is 59.3 Å². The van der Waals surface area contributed by atoms with Crippen LogP contribution in [0.4, 0.5) is 24.5 Å². The van der Waals surface area contributed by atoms with E-state index in [1.165, 1.54) is 29.0 Å². The van der Waals surface area contributed by atoms with Crippen LogP contribution in [-0.2, 0) is 24.6 Å². The molecule has 4 N–H and O–H groups in total. The van der Waals surface area contributed by atoms with E-state index in [0.29, 0.717) is 74.8 Å². The zero-order chi connectivity index (χ0) is 51.4. The van der Waals surface area contributed by atoms with Gasteiger partial charge in [0.25, 0.3) is 25.8 Å². The summed E-state index contributed by atoms with van der Waals surface area (Å²) in [5, 5.41) is 7.62. The number of hydrogen-bond acceptors (Lipinski definition) is 14. The fraction of sp³-hybridized carbons (Fsp3) is 0.451. The van der Waals surface area contributed by atoms with Gasteiger partial charge in [0.2, 0.25) is 0 Å². The average molecular weight is 1070 g/mol. The third-order valence-electron chi connectivity index (χ3n) is 14.2. The summed E-state index contributed by atoms with van der Waals surface area (Å²) in [5.41, 5.74) is -0.913. The number of pyridine rings is 1. The molecule has 2 aromatic heterocycles. The van der Waals surface area contributed by atoms with Crippen LogP contribution >= 0.6 is 11.6 Å². The summed E-state index contributed by atoms with van der Waals surface area (Å²) in [6.07, 6.45) is 6.69. The molecule has 4 aliphatic rings. The normalized spacial score (nSPS) is 20.1. The van der Waals surface area contributed by atoms with Crippen molar-refractivity contribution in [1.82, 2.24) is 34.7 Å². The van der Waals surface area contributed by atoms with Crippen molar-refractivity contribution in [3.63, 3.8) is 0 Å². The van der Waals surface area contributed by atoms with Crippen LogP contribution in [0.15, 0.2) is 101 Å². The zero-order valence-corrected chi connectivity index (χ0v) is 43.0. The van der Waals surface area contributed by atoms with E-state index in [9.17, 15) is 34.8 Å². The van der Waals surface area contributed by atoms with E-state index >= 15 is 0 Å². The Balaban J connectivity index is 0.932. The number of H-pyrrole nitrogens is 1. The molecule has 9 rings (SSSR count). The quantitative estimate of drug-likeness (QED) is 0.0685. The molecule has 16 nitrogen and oxygen atoms in total. The van der Waals surface area contributed by atoms with Crippen LogP contribution in [0.1, 0.15) is 48.5 Å². The van der Waals surface area contributed by atoms with Gasteiger partial charge < -0.3 is 34.9 Å². The van der Waals surface area contributed by atoms with Gasteiger partial charge in [-0.05, 0) is 103 Å². The maximum absolute atomic E-state index is 14.1. The summed E-state index contributed by atoms with van der Waals surface area (Å²) in [4.78, 5) is 28.7. The number of anilines is 2. The summed E-state index contributed by atoms with van der Waals surface area (Å²) in [5.74, 6) is -0.916. The minimum absolute atomic E-state index is 0.00924. The molecule has 0 spiro atoms. The number of rotatable bonds is 17. The SMILES string of the molecule is C[C@@]1(CN2CCNCC2)CCC(c2ccc(Cl)cc2)=C(CN2CCN(c3ccc(C(=O)NS(=O)(=O)c4ccc(NCCCN5CCOCC5)c(S(=O)(=O)C(F)(F)F)c4)c(Oc4cnc5[nH]ccc5c4)c3)CC2)C1. The van der Waals surface area contributed by atoms with E-state index in [4.69, 9.17) is 21.1 Å². The second-order valence-corrected chi connectivity index (χ2v) is 23.5. The summed E-state index contributed by atoms with van der Waals surface area (Å²) >= 11 is 6.32. The summed E-state index contributed by atoms with van der Waals surface area (Å²) in [6.45, 7) is 14.3. The van der Waals surface area contributed by atoms with Crippen LogP contribution in [0.2, 0.25) is 5.02 Å². The number of allylic oxidation sites excluding steroid dienone is 1. The molecule has 0 saturated carbocycles. The van der Waals surface area contributed by atoms with Crippen molar-refractivity contribution in [2.45, 2.75) is 47.9 Å². The topological polar surface area (TPSA) is 182 Å². The lowest BCUT2D eigenvalue weighted by molar-refractivity contribution is -0.0435. The Morgan fingerprint density at radius 3 is 2.38 bits per heavy atom. The fourth-order valence-corrected chi connectivity index (χ4v) is 12.4. The Labute approximate surface area is 429 Å². The lowest BCUT2D eigenvalue weighted by atomic mass is 9.71. The summed E-state index contributed by atoms with van der Waals surface area (Å²) < 4.78 is 109. The number of benzene rings is 3. The Kier molecular flexibility index (Phi) is 16.1. The highest BCUT2D eigenvalue weighted by Gasteiger charge is 2.48. The number of carbonyl (C=O) groups excluding carboxylic acids is 1. The summed E-state index contributed by atoms with van der Waals surface area (Å²) in [6, 6.07) is 18.7. The highest BCUT2D eigenvalue weighted by molar-refractivity contribution is 7.92. The number of aromatic amines is 1. The van der Waals surface area contributed by atoms with Crippen LogP contribution in [-0.4, -0.2) is 158 Å². The molecule has 0 radical (unpaired) electrons. The van der Waals surface area contributed by atoms with Gasteiger partial charge in [-0.25, -0.2) is 26.5 Å². The van der Waals surface area contributed by atoms with Crippen molar-refractivity contribution in [3.05, 3.63) is 107 Å². The minimum atomic E-state index is -6.05. The predicted octanol–water partition coefficient (Wildman–Crippen LogP) is 7.23. The van der Waals surface area contributed by atoms with Gasteiger partial charge in [-0.15, -0.1) is 0 Å². The second kappa shape index (κ2) is 22.3. The Bertz CT molecular complexity index is 3030. The van der Waals surface area contributed by atoms with E-state index in [-0.39, 0.29) is 29.0 Å². The third-order valence-corrected chi connectivity index (χ3v) is 17.3. The largest absolute Gasteiger partial charge is 0.501 e. The molecular weight excluding hydrogens is 1010 g/mol. The highest BCUT2D eigenvalue weighted by Crippen LogP contribution is 2.44. The van der Waals surface area contributed by atoms with Crippen molar-refractivity contribution < 1.29 is 44.3 Å². The van der Waals surface area contributed by atoms with Crippen molar-refractivity contribution in [2.75, 3.05) is 115 Å². The van der Waals surface area contributed by atoms with Crippen molar-refractivity contribution >= 4 is 65.3 Å². The molecule has 1 amide bonds. The molecule has 5 heterocycles. The molecule has 392 valence electrons. The molecule has 22 heteroatoms. The highest BCUT2D eigenvalue weighted by atomic mass is 35.5. The predicted molar refractivity (Wildman–Crippen MR) is 276 cm³/mol. The van der Waals surface area contributed by atoms with Crippen LogP contribution in [0.5, 0.6) is 11.5 Å². The van der Waals surface area contributed by atoms with Gasteiger partial charge in [0.1, 0.15) is 22.0 Å². The van der Waals surface area contributed by atoms with Crippen LogP contribution < -0.4 is 25.0 Å². The monoisotopic (exact) mass is 1070 g/mol. The van der Waals surface area contributed by atoms with E-state index in [1.807, 2.05) is 16.9 Å². The van der Waals surface area contributed by atoms with Gasteiger partial charge in [0.15, 0.2) is 0 Å². The van der Waals surface area contributed by atoms with Gasteiger partial charge in [-0.3, -0.25) is 14.6 Å². The zero-order valence-electron chi connectivity index (χ0n) is 40.6. The van der Waals surface area contributed by atoms with Crippen LogP contribution in [0.25, 0.3) is 16.6 Å². The number of morpholine rings is 1. The molecule has 3 saturated heterocycles. The number of carbonyl (C=O) groups is 1. The number of nitrogens with zero attached hydrogens (tertiary/aromatic N) is 5. The molecule has 1 atom stereocenters. The lowest BCUT2D eigenvalue weighted by Gasteiger charge is -2.43. The number of halogens is 4. The lowest BCUT2D eigenvalue weighted by Crippen LogP contribution is -2.49. The Morgan fingerprint density at radius 2 is 1.64 bits per heavy atom. The number of fused-ring (bicyclic) bond motifs is 1. The molecule has 0 unspecified atom stereocenters. The minimum Gasteiger partial charge on any atom is -0.455 e. The van der Waals surface area contributed by atoms with Gasteiger partial charge in [0.05, 0.1) is 35.6 Å². The Hall–Kier alpha value is -5.26. The number of sulfonamides is 1. The first-order chi connectivity index (χ1) is 34.9. The van der Waals surface area contributed by atoms with Gasteiger partial charge in [-0.1, -0.05) is 36.2 Å². The molecule has 3 fully saturated rings. The number of sulfone groups is 1. The fourth-order valence-electron chi connectivity index (χ4n) is 10.3. The molecule has 1 aliphatic carbocycles. The molecule has 3 aliphatic heterocycles. The number of hydrogen-bond donors (Lipinski definition) is 4. The maximum Gasteiger partial charge on any atom is 0.501 e. The third kappa shape index (κ3) is 12.6. The van der Waals surface area contributed by atoms with Crippen molar-refractivity contribution in [1.29, 1.82) is 0 Å². The number of amides is 1.